The number of amides is 1. The molecular formula is C12H24N2O6. The molecule has 0 saturated carbocycles. The van der Waals surface area contributed by atoms with E-state index in [0.29, 0.717) is 26.3 Å². The van der Waals surface area contributed by atoms with Gasteiger partial charge in [-0.15, -0.1) is 0 Å². The van der Waals surface area contributed by atoms with Crippen molar-refractivity contribution in [3.05, 3.63) is 0 Å². The quantitative estimate of drug-likeness (QED) is 0.356. The number of nitrogens with one attached hydrogen (secondary N) is 1. The van der Waals surface area contributed by atoms with Crippen molar-refractivity contribution in [2.45, 2.75) is 6.42 Å². The van der Waals surface area contributed by atoms with Crippen LogP contribution in [-0.4, -0.2) is 86.7 Å². The van der Waals surface area contributed by atoms with Crippen LogP contribution in [0.4, 0.5) is 0 Å². The summed E-state index contributed by atoms with van der Waals surface area (Å²) in [5, 5.41) is 19.9. The molecule has 0 aromatic heterocycles. The van der Waals surface area contributed by atoms with Crippen molar-refractivity contribution in [1.82, 2.24) is 10.2 Å². The largest absolute Gasteiger partial charge is 0.481 e. The molecule has 0 saturated heterocycles. The Hall–Kier alpha value is -1.22. The first-order valence-corrected chi connectivity index (χ1v) is 6.48. The minimum absolute atomic E-state index is 0.0364. The average Bonchev–Trinajstić information content (AvgIpc) is 2.40. The smallest absolute Gasteiger partial charge is 0.304 e. The highest BCUT2D eigenvalue weighted by molar-refractivity contribution is 5.78. The van der Waals surface area contributed by atoms with Gasteiger partial charge in [0.15, 0.2) is 0 Å². The molecule has 0 atom stereocenters. The number of aliphatic carboxylic acids is 1. The number of carboxylic acid groups (broad SMARTS) is 1. The van der Waals surface area contributed by atoms with Crippen molar-refractivity contribution in [3.63, 3.8) is 0 Å². The highest BCUT2D eigenvalue weighted by Crippen LogP contribution is 1.93. The second-order valence-electron chi connectivity index (χ2n) is 4.10. The molecule has 20 heavy (non-hydrogen) atoms. The van der Waals surface area contributed by atoms with Gasteiger partial charge in [-0.1, -0.05) is 0 Å². The Kier molecular flexibility index (Phi) is 12.0. The number of methoxy groups -OCH3 is 1. The summed E-state index contributed by atoms with van der Waals surface area (Å²) < 4.78 is 9.93. The average molecular weight is 292 g/mol. The Labute approximate surface area is 118 Å². The van der Waals surface area contributed by atoms with Crippen LogP contribution >= 0.6 is 0 Å². The molecule has 0 heterocycles. The lowest BCUT2D eigenvalue weighted by atomic mass is 10.3. The minimum atomic E-state index is -0.911. The van der Waals surface area contributed by atoms with Crippen molar-refractivity contribution in [1.29, 1.82) is 0 Å². The van der Waals surface area contributed by atoms with Gasteiger partial charge in [0.1, 0.15) is 0 Å². The Morgan fingerprint density at radius 1 is 1.20 bits per heavy atom. The van der Waals surface area contributed by atoms with Crippen LogP contribution < -0.4 is 5.32 Å². The monoisotopic (exact) mass is 292 g/mol. The van der Waals surface area contributed by atoms with Crippen molar-refractivity contribution < 1.29 is 29.3 Å². The first-order valence-electron chi connectivity index (χ1n) is 6.48. The predicted molar refractivity (Wildman–Crippen MR) is 71.5 cm³/mol. The molecule has 0 aliphatic carbocycles. The van der Waals surface area contributed by atoms with E-state index in [1.54, 1.807) is 12.0 Å². The van der Waals surface area contributed by atoms with Gasteiger partial charge in [0, 0.05) is 26.7 Å². The first-order chi connectivity index (χ1) is 9.60. The zero-order valence-corrected chi connectivity index (χ0v) is 11.8. The lowest BCUT2D eigenvalue weighted by Gasteiger charge is -2.20. The molecular weight excluding hydrogens is 268 g/mol. The number of hydrogen-bond acceptors (Lipinski definition) is 6. The van der Waals surface area contributed by atoms with Crippen molar-refractivity contribution >= 4 is 11.9 Å². The molecule has 8 nitrogen and oxygen atoms in total. The number of nitrogens with zero attached hydrogens (tertiary/aromatic N) is 1. The van der Waals surface area contributed by atoms with E-state index in [2.05, 4.69) is 5.32 Å². The number of aliphatic hydroxyl groups excluding tert-OH is 1. The molecule has 0 fully saturated rings. The SMILES string of the molecule is COCCNC(=O)CN(CCOCCO)CCC(=O)O. The third-order valence-corrected chi connectivity index (χ3v) is 2.42. The molecule has 8 heteroatoms. The zero-order valence-electron chi connectivity index (χ0n) is 11.8. The summed E-state index contributed by atoms with van der Waals surface area (Å²) in [5.41, 5.74) is 0. The normalized spacial score (nSPS) is 10.8. The number of carbonyl (C=O) groups is 2. The second kappa shape index (κ2) is 12.8. The van der Waals surface area contributed by atoms with Crippen LogP contribution in [0.15, 0.2) is 0 Å². The third-order valence-electron chi connectivity index (χ3n) is 2.42. The minimum Gasteiger partial charge on any atom is -0.481 e. The van der Waals surface area contributed by atoms with Gasteiger partial charge in [-0.05, 0) is 0 Å². The molecule has 0 radical (unpaired) electrons. The van der Waals surface area contributed by atoms with Gasteiger partial charge in [-0.3, -0.25) is 14.5 Å². The van der Waals surface area contributed by atoms with E-state index in [1.165, 1.54) is 0 Å². The molecule has 0 aromatic carbocycles. The van der Waals surface area contributed by atoms with Gasteiger partial charge in [-0.25, -0.2) is 0 Å². The molecule has 0 spiro atoms. The van der Waals surface area contributed by atoms with E-state index < -0.39 is 5.97 Å². The highest BCUT2D eigenvalue weighted by atomic mass is 16.5. The summed E-state index contributed by atoms with van der Waals surface area (Å²) in [6, 6.07) is 0. The molecule has 0 aliphatic heterocycles. The van der Waals surface area contributed by atoms with E-state index in [0.717, 1.165) is 0 Å². The summed E-state index contributed by atoms with van der Waals surface area (Å²) in [7, 11) is 1.55. The first kappa shape index (κ1) is 18.8. The topological polar surface area (TPSA) is 108 Å². The number of rotatable bonds is 13. The number of hydrogen-bond donors (Lipinski definition) is 3. The number of carboxylic acids is 1. The Balaban J connectivity index is 4.01. The number of carbonyl (C=O) groups excluding carboxylic acids is 1. The van der Waals surface area contributed by atoms with Crippen LogP contribution in [-0.2, 0) is 19.1 Å². The van der Waals surface area contributed by atoms with E-state index in [4.69, 9.17) is 19.7 Å². The van der Waals surface area contributed by atoms with Gasteiger partial charge < -0.3 is 25.0 Å². The van der Waals surface area contributed by atoms with E-state index in [-0.39, 0.29) is 38.6 Å². The van der Waals surface area contributed by atoms with Crippen molar-refractivity contribution in [2.24, 2.45) is 0 Å². The van der Waals surface area contributed by atoms with E-state index >= 15 is 0 Å². The van der Waals surface area contributed by atoms with Gasteiger partial charge in [0.2, 0.25) is 5.91 Å². The fourth-order valence-corrected chi connectivity index (χ4v) is 1.44. The van der Waals surface area contributed by atoms with E-state index in [1.807, 2.05) is 0 Å². The van der Waals surface area contributed by atoms with Crippen molar-refractivity contribution in [3.8, 4) is 0 Å². The zero-order chi connectivity index (χ0) is 15.2. The fraction of sp³-hybridized carbons (Fsp3) is 0.833. The second-order valence-corrected chi connectivity index (χ2v) is 4.10. The molecule has 1 amide bonds. The maximum Gasteiger partial charge on any atom is 0.304 e. The Bertz CT molecular complexity index is 275. The number of aliphatic hydroxyl groups is 1. The molecule has 118 valence electrons. The lowest BCUT2D eigenvalue weighted by Crippen LogP contribution is -2.40. The molecule has 0 bridgehead atoms. The van der Waals surface area contributed by atoms with Gasteiger partial charge in [-0.2, -0.15) is 0 Å². The molecule has 0 aromatic rings. The van der Waals surface area contributed by atoms with Crippen LogP contribution in [0, 0.1) is 0 Å². The van der Waals surface area contributed by atoms with Crippen LogP contribution in [0.1, 0.15) is 6.42 Å². The molecule has 0 rings (SSSR count). The van der Waals surface area contributed by atoms with Crippen LogP contribution in [0.3, 0.4) is 0 Å². The third kappa shape index (κ3) is 11.8. The Morgan fingerprint density at radius 3 is 2.55 bits per heavy atom. The van der Waals surface area contributed by atoms with Crippen LogP contribution in [0.5, 0.6) is 0 Å². The summed E-state index contributed by atoms with van der Waals surface area (Å²) >= 11 is 0. The fourth-order valence-electron chi connectivity index (χ4n) is 1.44. The van der Waals surface area contributed by atoms with Crippen LogP contribution in [0.25, 0.3) is 0 Å². The van der Waals surface area contributed by atoms with E-state index in [9.17, 15) is 9.59 Å². The molecule has 3 N–H and O–H groups in total. The highest BCUT2D eigenvalue weighted by Gasteiger charge is 2.12. The summed E-state index contributed by atoms with van der Waals surface area (Å²) in [6.07, 6.45) is -0.0364. The maximum absolute atomic E-state index is 11.6. The van der Waals surface area contributed by atoms with Crippen molar-refractivity contribution in [2.75, 3.05) is 59.7 Å². The van der Waals surface area contributed by atoms with Gasteiger partial charge in [0.25, 0.3) is 0 Å². The van der Waals surface area contributed by atoms with Gasteiger partial charge in [0.05, 0.1) is 39.4 Å². The Morgan fingerprint density at radius 2 is 1.95 bits per heavy atom. The molecule has 0 unspecified atom stereocenters. The molecule has 0 aliphatic rings. The van der Waals surface area contributed by atoms with Crippen LogP contribution in [0.2, 0.25) is 0 Å². The maximum atomic E-state index is 11.6. The lowest BCUT2D eigenvalue weighted by molar-refractivity contribution is -0.137. The van der Waals surface area contributed by atoms with Gasteiger partial charge >= 0.3 is 5.97 Å². The summed E-state index contributed by atoms with van der Waals surface area (Å²) in [6.45, 7) is 2.18. The summed E-state index contributed by atoms with van der Waals surface area (Å²) in [5.74, 6) is -1.10. The summed E-state index contributed by atoms with van der Waals surface area (Å²) in [4.78, 5) is 23.9. The number of ether oxygens (including phenoxy) is 2. The standard InChI is InChI=1S/C12H24N2O6/c1-19-7-3-13-11(16)10-14(4-2-12(17)18)5-8-20-9-6-15/h15H,2-10H2,1H3,(H,13,16)(H,17,18). The predicted octanol–water partition coefficient (Wildman–Crippen LogP) is -1.47.